The molecule has 0 bridgehead atoms. The van der Waals surface area contributed by atoms with Crippen LogP contribution in [0.2, 0.25) is 5.02 Å². The van der Waals surface area contributed by atoms with Crippen LogP contribution in [0, 0.1) is 17.7 Å². The Labute approximate surface area is 374 Å². The average Bonchev–Trinajstić information content (AvgIpc) is 4.07. The number of nitrogens with zero attached hydrogens (tertiary/aromatic N) is 7. The summed E-state index contributed by atoms with van der Waals surface area (Å²) in [6.07, 6.45) is 4.95. The van der Waals surface area contributed by atoms with E-state index in [-0.39, 0.29) is 71.0 Å². The number of hydrogen-bond donors (Lipinski definition) is 3. The summed E-state index contributed by atoms with van der Waals surface area (Å²) in [7, 11) is 3.18. The monoisotopic (exact) mass is 922 g/mol. The van der Waals surface area contributed by atoms with Gasteiger partial charge in [0.25, 0.3) is 11.5 Å². The van der Waals surface area contributed by atoms with Crippen LogP contribution < -0.4 is 31.1 Å². The number of rotatable bonds is 9. The molecular formula is C45H48ClF5N10O4. The van der Waals surface area contributed by atoms with E-state index >= 15 is 22.0 Å². The lowest BCUT2D eigenvalue weighted by atomic mass is 9.86. The number of nitrogens with one attached hydrogen (secondary N) is 3. The molecule has 3 saturated heterocycles. The second-order valence-electron chi connectivity index (χ2n) is 18.3. The van der Waals surface area contributed by atoms with Gasteiger partial charge in [-0.1, -0.05) is 23.7 Å². The highest BCUT2D eigenvalue weighted by Crippen LogP contribution is 2.46. The number of carbonyl (C=O) groups excluding carboxylic acids is 2. The number of benzene rings is 2. The van der Waals surface area contributed by atoms with Crippen LogP contribution in [0.1, 0.15) is 74.5 Å². The molecule has 344 valence electrons. The number of pyridine rings is 1. The fourth-order valence-corrected chi connectivity index (χ4v) is 10.4. The van der Waals surface area contributed by atoms with E-state index in [0.717, 1.165) is 0 Å². The normalized spacial score (nSPS) is 23.8. The molecule has 1 saturated carbocycles. The molecule has 5 aromatic rings. The van der Waals surface area contributed by atoms with Crippen LogP contribution in [0.3, 0.4) is 0 Å². The van der Waals surface area contributed by atoms with Crippen molar-refractivity contribution in [2.45, 2.75) is 81.1 Å². The van der Waals surface area contributed by atoms with Gasteiger partial charge in [-0.15, -0.1) is 0 Å². The molecule has 0 radical (unpaired) electrons. The number of aromatic nitrogens is 5. The van der Waals surface area contributed by atoms with Crippen LogP contribution in [-0.4, -0.2) is 98.2 Å². The standard InChI is InChI=1S/C45H48ClF5N10O4/c1-58-32-9-5-26(19-30(32)36-38(42(58)64)65-22-45(50,51)39(55-36)24-3-4-24)53-40-31(46)20-52-43(56-40)61-18-14-25(44(48,49)21-61)13-17-60-15-11-23(12-16-60)27-6-7-28-35(57-59(2)37(28)34(27)47)29-8-10-33(62)54-41(29)63/h5-7,9,19-20,23-25,29,39,55H,3-4,8,10-18,21-22H2,1-2H3,(H,52,53,56)(H,54,62,63)/t25?,29?,39-/m0/s1. The third-order valence-corrected chi connectivity index (χ3v) is 14.3. The van der Waals surface area contributed by atoms with Crippen LogP contribution in [-0.2, 0) is 23.7 Å². The van der Waals surface area contributed by atoms with Gasteiger partial charge in [-0.3, -0.25) is 24.4 Å². The first-order valence-electron chi connectivity index (χ1n) is 22.1. The zero-order chi connectivity index (χ0) is 45.5. The molecule has 4 aliphatic heterocycles. The van der Waals surface area contributed by atoms with Crippen LogP contribution in [0.5, 0.6) is 5.75 Å². The number of carbonyl (C=O) groups is 2. The summed E-state index contributed by atoms with van der Waals surface area (Å²) in [5, 5.41) is 14.1. The molecule has 2 unspecified atom stereocenters. The molecule has 4 fully saturated rings. The summed E-state index contributed by atoms with van der Waals surface area (Å²) in [4.78, 5) is 49.9. The molecule has 3 atom stereocenters. The smallest absolute Gasteiger partial charge is 0.301 e. The largest absolute Gasteiger partial charge is 0.480 e. The first kappa shape index (κ1) is 43.3. The van der Waals surface area contributed by atoms with E-state index in [9.17, 15) is 14.4 Å². The first-order chi connectivity index (χ1) is 31.1. The van der Waals surface area contributed by atoms with Crippen LogP contribution >= 0.6 is 11.6 Å². The minimum absolute atomic E-state index is 0.0680. The second kappa shape index (κ2) is 16.4. The number of likely N-dealkylation sites (tertiary alicyclic amines) is 1. The third kappa shape index (κ3) is 8.01. The average molecular weight is 923 g/mol. The van der Waals surface area contributed by atoms with Gasteiger partial charge in [0.15, 0.2) is 18.2 Å². The number of alkyl halides is 4. The Morgan fingerprint density at radius 2 is 1.74 bits per heavy atom. The number of piperidine rings is 3. The molecular weight excluding hydrogens is 875 g/mol. The lowest BCUT2D eigenvalue weighted by molar-refractivity contribution is -0.134. The SMILES string of the molecule is Cn1nc(C2CCC(=O)NC2=O)c2ccc(C3CCN(CCC4CCN(c5ncc(Cl)c(Nc6ccc7c(c6)c6c(c(=O)n7C)OCC(F)(F)[C@H](C7CC7)N6)n5)CC4(F)F)CC3)c(F)c21. The zero-order valence-corrected chi connectivity index (χ0v) is 36.5. The minimum atomic E-state index is -3.19. The Morgan fingerprint density at radius 3 is 2.48 bits per heavy atom. The summed E-state index contributed by atoms with van der Waals surface area (Å²) < 4.78 is 86.5. The Balaban J connectivity index is 0.773. The van der Waals surface area contributed by atoms with Gasteiger partial charge in [-0.2, -0.15) is 10.1 Å². The molecule has 10 rings (SSSR count). The van der Waals surface area contributed by atoms with Crippen molar-refractivity contribution in [3.63, 3.8) is 0 Å². The molecule has 5 aliphatic rings. The Kier molecular flexibility index (Phi) is 10.9. The van der Waals surface area contributed by atoms with Crippen molar-refractivity contribution in [2.24, 2.45) is 25.9 Å². The van der Waals surface area contributed by atoms with Gasteiger partial charge in [0.05, 0.1) is 41.6 Å². The van der Waals surface area contributed by atoms with Gasteiger partial charge in [-0.25, -0.2) is 26.9 Å². The molecule has 14 nitrogen and oxygen atoms in total. The summed E-state index contributed by atoms with van der Waals surface area (Å²) >= 11 is 6.53. The van der Waals surface area contributed by atoms with E-state index in [0.29, 0.717) is 97.0 Å². The molecule has 0 spiro atoms. The Bertz CT molecular complexity index is 2790. The number of hydrogen-bond acceptors (Lipinski definition) is 11. The molecule has 2 aromatic carbocycles. The molecule has 1 aliphatic carbocycles. The van der Waals surface area contributed by atoms with Crippen molar-refractivity contribution in [1.29, 1.82) is 0 Å². The molecule has 3 aromatic heterocycles. The fraction of sp³-hybridized carbons (Fsp3) is 0.511. The number of amides is 2. The van der Waals surface area contributed by atoms with E-state index in [4.69, 9.17) is 16.3 Å². The number of aryl methyl sites for hydroxylation is 2. The van der Waals surface area contributed by atoms with Crippen molar-refractivity contribution in [3.05, 3.63) is 69.0 Å². The maximum Gasteiger partial charge on any atom is 0.301 e. The third-order valence-electron chi connectivity index (χ3n) is 14.0. The fourth-order valence-electron chi connectivity index (χ4n) is 10.2. The molecule has 65 heavy (non-hydrogen) atoms. The molecule has 3 N–H and O–H groups in total. The highest BCUT2D eigenvalue weighted by molar-refractivity contribution is 6.33. The number of fused-ring (bicyclic) bond motifs is 4. The van der Waals surface area contributed by atoms with E-state index in [1.54, 1.807) is 31.3 Å². The van der Waals surface area contributed by atoms with Crippen molar-refractivity contribution in [2.75, 3.05) is 54.9 Å². The van der Waals surface area contributed by atoms with Crippen LogP contribution in [0.15, 0.2) is 41.3 Å². The summed E-state index contributed by atoms with van der Waals surface area (Å²) in [5.74, 6) is -9.15. The van der Waals surface area contributed by atoms with Gasteiger partial charge >= 0.3 is 5.92 Å². The maximum atomic E-state index is 16.1. The predicted molar refractivity (Wildman–Crippen MR) is 234 cm³/mol. The van der Waals surface area contributed by atoms with Crippen molar-refractivity contribution >= 4 is 68.4 Å². The van der Waals surface area contributed by atoms with E-state index in [1.807, 2.05) is 6.07 Å². The quantitative estimate of drug-likeness (QED) is 0.102. The van der Waals surface area contributed by atoms with Gasteiger partial charge in [-0.05, 0) is 100 Å². The summed E-state index contributed by atoms with van der Waals surface area (Å²) in [6.45, 7) is 0.526. The van der Waals surface area contributed by atoms with Gasteiger partial charge in [0.1, 0.15) is 10.5 Å². The van der Waals surface area contributed by atoms with E-state index in [2.05, 4.69) is 35.9 Å². The molecule has 20 heteroatoms. The van der Waals surface area contributed by atoms with Gasteiger partial charge < -0.3 is 29.7 Å². The first-order valence-corrected chi connectivity index (χ1v) is 22.5. The van der Waals surface area contributed by atoms with E-state index in [1.165, 1.54) is 27.4 Å². The number of imide groups is 1. The lowest BCUT2D eigenvalue weighted by Crippen LogP contribution is -2.50. The summed E-state index contributed by atoms with van der Waals surface area (Å²) in [6, 6.07) is 7.40. The van der Waals surface area contributed by atoms with Crippen molar-refractivity contribution in [3.8, 4) is 5.75 Å². The van der Waals surface area contributed by atoms with Crippen molar-refractivity contribution in [1.82, 2.24) is 34.5 Å². The Hall–Kier alpha value is -5.56. The number of halogens is 6. The van der Waals surface area contributed by atoms with Crippen molar-refractivity contribution < 1.29 is 36.3 Å². The maximum absolute atomic E-state index is 16.1. The molecule has 7 heterocycles. The second-order valence-corrected chi connectivity index (χ2v) is 18.7. The topological polar surface area (TPSA) is 152 Å². The van der Waals surface area contributed by atoms with E-state index < -0.39 is 54.3 Å². The highest BCUT2D eigenvalue weighted by Gasteiger charge is 2.51. The van der Waals surface area contributed by atoms with Crippen LogP contribution in [0.25, 0.3) is 21.8 Å². The minimum Gasteiger partial charge on any atom is -0.480 e. The van der Waals surface area contributed by atoms with Gasteiger partial charge in [0, 0.05) is 49.4 Å². The predicted octanol–water partition coefficient (Wildman–Crippen LogP) is 7.22. The zero-order valence-electron chi connectivity index (χ0n) is 35.8. The van der Waals surface area contributed by atoms with Gasteiger partial charge in [0.2, 0.25) is 23.5 Å². The summed E-state index contributed by atoms with van der Waals surface area (Å²) in [5.41, 5.74) is 1.92. The van der Waals surface area contributed by atoms with Crippen LogP contribution in [0.4, 0.5) is 45.1 Å². The number of ether oxygens (including phenoxy) is 1. The highest BCUT2D eigenvalue weighted by atomic mass is 35.5. The lowest BCUT2D eigenvalue weighted by Gasteiger charge is -2.40. The molecule has 2 amide bonds. The number of anilines is 4. The Morgan fingerprint density at radius 1 is 0.954 bits per heavy atom.